The van der Waals surface area contributed by atoms with Gasteiger partial charge in [-0.15, -0.1) is 0 Å². The van der Waals surface area contributed by atoms with Crippen LogP contribution in [0.1, 0.15) is 47.1 Å². The van der Waals surface area contributed by atoms with Gasteiger partial charge in [0.05, 0.1) is 32.6 Å². The molecular formula is C26H26N2O5. The van der Waals surface area contributed by atoms with Gasteiger partial charge in [0.2, 0.25) is 11.6 Å². The summed E-state index contributed by atoms with van der Waals surface area (Å²) < 4.78 is 22.3. The first kappa shape index (κ1) is 21.1. The number of rotatable bonds is 5. The number of nitrogens with one attached hydrogen (secondary N) is 1. The van der Waals surface area contributed by atoms with Crippen molar-refractivity contribution in [1.82, 2.24) is 5.16 Å². The predicted molar refractivity (Wildman–Crippen MR) is 123 cm³/mol. The number of ketones is 1. The van der Waals surface area contributed by atoms with Crippen LogP contribution in [0.15, 0.2) is 58.3 Å². The Hall–Kier alpha value is -3.74. The van der Waals surface area contributed by atoms with Crippen molar-refractivity contribution < 1.29 is 23.5 Å². The van der Waals surface area contributed by atoms with E-state index < -0.39 is 0 Å². The van der Waals surface area contributed by atoms with Crippen molar-refractivity contribution in [1.29, 1.82) is 0 Å². The van der Waals surface area contributed by atoms with Gasteiger partial charge in [0.15, 0.2) is 17.3 Å². The minimum Gasteiger partial charge on any atom is -0.493 e. The second kappa shape index (κ2) is 8.31. The molecule has 3 aromatic rings. The molecule has 170 valence electrons. The molecule has 0 saturated carbocycles. The number of hydrogen-bond donors (Lipinski definition) is 1. The number of fused-ring (bicyclic) bond motifs is 1. The Morgan fingerprint density at radius 3 is 2.30 bits per heavy atom. The molecule has 7 heteroatoms. The second-order valence-corrected chi connectivity index (χ2v) is 8.36. The molecule has 0 saturated heterocycles. The fourth-order valence-corrected chi connectivity index (χ4v) is 5.03. The highest BCUT2D eigenvalue weighted by molar-refractivity contribution is 6.01. The van der Waals surface area contributed by atoms with Gasteiger partial charge in [-0.1, -0.05) is 35.5 Å². The van der Waals surface area contributed by atoms with Crippen LogP contribution in [-0.2, 0) is 4.79 Å². The topological polar surface area (TPSA) is 82.8 Å². The maximum Gasteiger partial charge on any atom is 0.233 e. The number of allylic oxidation sites excluding steroid dienone is 2. The Kier molecular flexibility index (Phi) is 5.32. The van der Waals surface area contributed by atoms with Gasteiger partial charge in [-0.05, 0) is 42.5 Å². The van der Waals surface area contributed by atoms with Gasteiger partial charge >= 0.3 is 0 Å². The summed E-state index contributed by atoms with van der Waals surface area (Å²) in [6.45, 7) is 1.89. The van der Waals surface area contributed by atoms with E-state index in [4.69, 9.17) is 18.7 Å². The molecule has 2 atom stereocenters. The fourth-order valence-electron chi connectivity index (χ4n) is 5.03. The number of aromatic nitrogens is 1. The molecule has 0 spiro atoms. The zero-order chi connectivity index (χ0) is 23.1. The van der Waals surface area contributed by atoms with E-state index in [9.17, 15) is 4.79 Å². The Bertz CT molecular complexity index is 1220. The normalized spacial score (nSPS) is 19.5. The van der Waals surface area contributed by atoms with Gasteiger partial charge in [0.1, 0.15) is 0 Å². The molecule has 7 nitrogen and oxygen atoms in total. The summed E-state index contributed by atoms with van der Waals surface area (Å²) in [5.41, 5.74) is 5.23. The summed E-state index contributed by atoms with van der Waals surface area (Å²) in [5.74, 6) is 2.03. The number of benzene rings is 2. The summed E-state index contributed by atoms with van der Waals surface area (Å²) in [4.78, 5) is 13.6. The Labute approximate surface area is 192 Å². The second-order valence-electron chi connectivity index (χ2n) is 8.36. The zero-order valence-electron chi connectivity index (χ0n) is 19.1. The molecule has 0 unspecified atom stereocenters. The molecule has 1 aromatic heterocycles. The number of Topliss-reactive ketones (excluding diaryl/α,β-unsaturated/α-hetero) is 1. The van der Waals surface area contributed by atoms with Gasteiger partial charge in [0.25, 0.3) is 0 Å². The molecule has 2 heterocycles. The van der Waals surface area contributed by atoms with E-state index in [1.165, 1.54) is 0 Å². The number of ether oxygens (including phenoxy) is 3. The third kappa shape index (κ3) is 3.44. The molecule has 1 aliphatic heterocycles. The van der Waals surface area contributed by atoms with Crippen molar-refractivity contribution in [3.8, 4) is 17.2 Å². The van der Waals surface area contributed by atoms with Crippen LogP contribution in [0.4, 0.5) is 5.88 Å². The van der Waals surface area contributed by atoms with Gasteiger partial charge < -0.3 is 24.1 Å². The highest BCUT2D eigenvalue weighted by atomic mass is 16.5. The highest BCUT2D eigenvalue weighted by Gasteiger charge is 2.41. The first-order valence-electron chi connectivity index (χ1n) is 10.9. The summed E-state index contributed by atoms with van der Waals surface area (Å²) in [6, 6.07) is 14.0. The first-order chi connectivity index (χ1) is 16.0. The Balaban J connectivity index is 1.67. The minimum atomic E-state index is -0.347. The average molecular weight is 447 g/mol. The summed E-state index contributed by atoms with van der Waals surface area (Å²) in [6.07, 6.45) is 1.16. The smallest absolute Gasteiger partial charge is 0.233 e. The van der Waals surface area contributed by atoms with E-state index in [2.05, 4.69) is 22.6 Å². The molecule has 5 rings (SSSR count). The van der Waals surface area contributed by atoms with Crippen LogP contribution in [0.25, 0.3) is 0 Å². The van der Waals surface area contributed by atoms with E-state index in [1.54, 1.807) is 21.3 Å². The van der Waals surface area contributed by atoms with Crippen molar-refractivity contribution in [3.63, 3.8) is 0 Å². The van der Waals surface area contributed by atoms with Gasteiger partial charge in [0, 0.05) is 23.6 Å². The van der Waals surface area contributed by atoms with Crippen molar-refractivity contribution in [2.24, 2.45) is 0 Å². The van der Waals surface area contributed by atoms with Crippen LogP contribution < -0.4 is 19.5 Å². The lowest BCUT2D eigenvalue weighted by Gasteiger charge is -2.34. The average Bonchev–Trinajstić information content (AvgIpc) is 3.22. The van der Waals surface area contributed by atoms with Crippen molar-refractivity contribution in [2.45, 2.75) is 31.6 Å². The van der Waals surface area contributed by atoms with Crippen molar-refractivity contribution in [2.75, 3.05) is 26.6 Å². The lowest BCUT2D eigenvalue weighted by atomic mass is 9.72. The monoisotopic (exact) mass is 446 g/mol. The maximum atomic E-state index is 13.6. The molecular weight excluding hydrogens is 420 g/mol. The SMILES string of the molecule is COc1cc([C@@H]2C3=C(C[C@H](c4ccccc4)CC3=O)Nc3onc(C)c32)cc(OC)c1OC. The third-order valence-corrected chi connectivity index (χ3v) is 6.55. The van der Waals surface area contributed by atoms with Crippen LogP contribution >= 0.6 is 0 Å². The molecule has 2 aliphatic rings. The number of methoxy groups -OCH3 is 3. The van der Waals surface area contributed by atoms with E-state index in [-0.39, 0.29) is 17.6 Å². The largest absolute Gasteiger partial charge is 0.493 e. The van der Waals surface area contributed by atoms with E-state index in [0.717, 1.165) is 33.7 Å². The molecule has 1 N–H and O–H groups in total. The van der Waals surface area contributed by atoms with Gasteiger partial charge in [-0.2, -0.15) is 0 Å². The number of aryl methyl sites for hydroxylation is 1. The van der Waals surface area contributed by atoms with E-state index in [1.807, 2.05) is 37.3 Å². The van der Waals surface area contributed by atoms with Crippen molar-refractivity contribution in [3.05, 3.63) is 76.1 Å². The third-order valence-electron chi connectivity index (χ3n) is 6.55. The highest BCUT2D eigenvalue weighted by Crippen LogP contribution is 2.51. The predicted octanol–water partition coefficient (Wildman–Crippen LogP) is 4.97. The number of hydrogen-bond acceptors (Lipinski definition) is 7. The lowest BCUT2D eigenvalue weighted by Crippen LogP contribution is -2.29. The number of anilines is 1. The van der Waals surface area contributed by atoms with Crippen LogP contribution in [0.3, 0.4) is 0 Å². The Morgan fingerprint density at radius 1 is 0.970 bits per heavy atom. The molecule has 0 amide bonds. The standard InChI is InChI=1S/C26H26N2O5/c1-14-22-23(17-12-20(30-2)25(32-4)21(13-17)31-3)24-18(27-26(22)33-28-14)10-16(11-19(24)29)15-8-6-5-7-9-15/h5-9,12-13,16,23,27H,10-11H2,1-4H3/t16-,23-/m0/s1. The molecule has 0 bridgehead atoms. The quantitative estimate of drug-likeness (QED) is 0.593. The number of carbonyl (C=O) groups excluding carboxylic acids is 1. The number of carbonyl (C=O) groups is 1. The van der Waals surface area contributed by atoms with Crippen LogP contribution in [0.5, 0.6) is 17.2 Å². The first-order valence-corrected chi connectivity index (χ1v) is 10.9. The van der Waals surface area contributed by atoms with Gasteiger partial charge in [-0.25, -0.2) is 0 Å². The van der Waals surface area contributed by atoms with Crippen LogP contribution in [0, 0.1) is 6.92 Å². The molecule has 0 fully saturated rings. The zero-order valence-corrected chi connectivity index (χ0v) is 19.1. The minimum absolute atomic E-state index is 0.108. The van der Waals surface area contributed by atoms with Crippen molar-refractivity contribution >= 4 is 11.7 Å². The van der Waals surface area contributed by atoms with E-state index >= 15 is 0 Å². The fraction of sp³-hybridized carbons (Fsp3) is 0.308. The summed E-state index contributed by atoms with van der Waals surface area (Å²) in [7, 11) is 4.74. The number of nitrogens with zero attached hydrogens (tertiary/aromatic N) is 1. The molecule has 0 radical (unpaired) electrons. The van der Waals surface area contributed by atoms with E-state index in [0.29, 0.717) is 36.0 Å². The maximum absolute atomic E-state index is 13.6. The summed E-state index contributed by atoms with van der Waals surface area (Å²) in [5, 5.41) is 7.56. The van der Waals surface area contributed by atoms with Crippen LogP contribution in [0.2, 0.25) is 0 Å². The lowest BCUT2D eigenvalue weighted by molar-refractivity contribution is -0.116. The summed E-state index contributed by atoms with van der Waals surface area (Å²) >= 11 is 0. The van der Waals surface area contributed by atoms with Gasteiger partial charge in [-0.3, -0.25) is 4.79 Å². The molecule has 1 aliphatic carbocycles. The molecule has 33 heavy (non-hydrogen) atoms. The van der Waals surface area contributed by atoms with Crippen LogP contribution in [-0.4, -0.2) is 32.3 Å². The Morgan fingerprint density at radius 2 is 1.67 bits per heavy atom. The molecule has 2 aromatic carbocycles.